The van der Waals surface area contributed by atoms with Gasteiger partial charge in [-0.15, -0.1) is 0 Å². The van der Waals surface area contributed by atoms with E-state index >= 15 is 0 Å². The van der Waals surface area contributed by atoms with Crippen LogP contribution >= 0.6 is 0 Å². The predicted octanol–water partition coefficient (Wildman–Crippen LogP) is 1.90. The first-order valence-electron chi connectivity index (χ1n) is 6.93. The molecule has 0 aliphatic heterocycles. The number of rotatable bonds is 8. The summed E-state index contributed by atoms with van der Waals surface area (Å²) in [6.07, 6.45) is 3.66. The Kier molecular flexibility index (Phi) is 6.42. The highest BCUT2D eigenvalue weighted by molar-refractivity contribution is 5.11. The first-order chi connectivity index (χ1) is 9.10. The molecule has 2 N–H and O–H groups in total. The Balaban J connectivity index is 2.96. The second-order valence-corrected chi connectivity index (χ2v) is 5.27. The van der Waals surface area contributed by atoms with E-state index in [1.165, 1.54) is 5.56 Å². The minimum Gasteiger partial charge on any atom is -0.383 e. The van der Waals surface area contributed by atoms with E-state index in [4.69, 9.17) is 10.5 Å². The van der Waals surface area contributed by atoms with Gasteiger partial charge in [0.25, 0.3) is 0 Å². The molecule has 0 aliphatic carbocycles. The lowest BCUT2D eigenvalue weighted by Gasteiger charge is -2.45. The minimum atomic E-state index is -0.118. The van der Waals surface area contributed by atoms with Gasteiger partial charge in [0.15, 0.2) is 0 Å². The molecule has 0 radical (unpaired) electrons. The van der Waals surface area contributed by atoms with Crippen molar-refractivity contribution in [1.29, 1.82) is 0 Å². The Morgan fingerprint density at radius 1 is 1.37 bits per heavy atom. The summed E-state index contributed by atoms with van der Waals surface area (Å²) >= 11 is 0. The molecule has 0 aliphatic rings. The third kappa shape index (κ3) is 3.75. The van der Waals surface area contributed by atoms with Crippen LogP contribution < -0.4 is 5.73 Å². The number of likely N-dealkylation sites (N-methyl/N-ethyl adjacent to an activating group) is 1. The van der Waals surface area contributed by atoms with Gasteiger partial charge >= 0.3 is 0 Å². The van der Waals surface area contributed by atoms with Crippen molar-refractivity contribution in [3.05, 3.63) is 30.1 Å². The number of ether oxygens (including phenoxy) is 1. The topological polar surface area (TPSA) is 51.4 Å². The molecule has 0 saturated heterocycles. The second-order valence-electron chi connectivity index (χ2n) is 5.27. The summed E-state index contributed by atoms with van der Waals surface area (Å²) in [4.78, 5) is 6.48. The van der Waals surface area contributed by atoms with E-state index in [2.05, 4.69) is 42.8 Å². The fourth-order valence-electron chi connectivity index (χ4n) is 2.59. The summed E-state index contributed by atoms with van der Waals surface area (Å²) in [7, 11) is 1.74. The van der Waals surface area contributed by atoms with E-state index in [9.17, 15) is 0 Å². The molecule has 4 heteroatoms. The smallest absolute Gasteiger partial charge is 0.0661 e. The molecular formula is C15H27N3O. The van der Waals surface area contributed by atoms with Crippen LogP contribution in [0.5, 0.6) is 0 Å². The zero-order valence-electron chi connectivity index (χ0n) is 12.6. The summed E-state index contributed by atoms with van der Waals surface area (Å²) in [5.74, 6) is 0.430. The SMILES string of the molecule is CCN(Cc1ccncc1)C(CN)(COC)C(C)C. The third-order valence-corrected chi connectivity index (χ3v) is 3.96. The van der Waals surface area contributed by atoms with Crippen LogP contribution in [0.2, 0.25) is 0 Å². The quantitative estimate of drug-likeness (QED) is 0.780. The van der Waals surface area contributed by atoms with Crippen molar-refractivity contribution in [1.82, 2.24) is 9.88 Å². The van der Waals surface area contributed by atoms with Crippen molar-refractivity contribution < 1.29 is 4.74 Å². The Morgan fingerprint density at radius 3 is 2.42 bits per heavy atom. The Labute approximate surface area is 117 Å². The number of hydrogen-bond acceptors (Lipinski definition) is 4. The zero-order chi connectivity index (χ0) is 14.3. The first-order valence-corrected chi connectivity index (χ1v) is 6.93. The molecule has 1 heterocycles. The number of nitrogens with two attached hydrogens (primary N) is 1. The van der Waals surface area contributed by atoms with Crippen LogP contribution in [0.25, 0.3) is 0 Å². The molecular weight excluding hydrogens is 238 g/mol. The molecule has 1 aromatic heterocycles. The average molecular weight is 265 g/mol. The van der Waals surface area contributed by atoms with Crippen molar-refractivity contribution in [2.45, 2.75) is 32.9 Å². The van der Waals surface area contributed by atoms with Gasteiger partial charge < -0.3 is 10.5 Å². The van der Waals surface area contributed by atoms with E-state index in [-0.39, 0.29) is 5.54 Å². The van der Waals surface area contributed by atoms with E-state index in [0.29, 0.717) is 19.1 Å². The van der Waals surface area contributed by atoms with Gasteiger partial charge in [0, 0.05) is 32.6 Å². The Bertz CT molecular complexity index is 356. The molecule has 0 saturated carbocycles. The molecule has 0 aromatic carbocycles. The summed E-state index contributed by atoms with van der Waals surface area (Å²) in [6, 6.07) is 4.11. The summed E-state index contributed by atoms with van der Waals surface area (Å²) in [5, 5.41) is 0. The maximum Gasteiger partial charge on any atom is 0.0661 e. The fourth-order valence-corrected chi connectivity index (χ4v) is 2.59. The van der Waals surface area contributed by atoms with Crippen LogP contribution in [0.3, 0.4) is 0 Å². The van der Waals surface area contributed by atoms with Gasteiger partial charge in [0.05, 0.1) is 12.1 Å². The van der Waals surface area contributed by atoms with E-state index < -0.39 is 0 Å². The van der Waals surface area contributed by atoms with Gasteiger partial charge in [-0.2, -0.15) is 0 Å². The van der Waals surface area contributed by atoms with Gasteiger partial charge in [0.1, 0.15) is 0 Å². The van der Waals surface area contributed by atoms with Gasteiger partial charge in [0.2, 0.25) is 0 Å². The van der Waals surface area contributed by atoms with Gasteiger partial charge in [-0.05, 0) is 30.2 Å². The molecule has 1 atom stereocenters. The highest BCUT2D eigenvalue weighted by Crippen LogP contribution is 2.26. The molecule has 4 nitrogen and oxygen atoms in total. The van der Waals surface area contributed by atoms with Crippen LogP contribution in [0.15, 0.2) is 24.5 Å². The number of nitrogens with zero attached hydrogens (tertiary/aromatic N) is 2. The summed E-state index contributed by atoms with van der Waals surface area (Å²) in [6.45, 7) is 9.65. The lowest BCUT2D eigenvalue weighted by Crippen LogP contribution is -2.60. The highest BCUT2D eigenvalue weighted by atomic mass is 16.5. The van der Waals surface area contributed by atoms with Gasteiger partial charge in [-0.25, -0.2) is 0 Å². The standard InChI is InChI=1S/C15H27N3O/c1-5-18(10-14-6-8-17-9-7-14)15(11-16,12-19-4)13(2)3/h6-9,13H,5,10-12,16H2,1-4H3. The van der Waals surface area contributed by atoms with E-state index in [1.807, 2.05) is 12.4 Å². The fraction of sp³-hybridized carbons (Fsp3) is 0.667. The molecule has 1 aromatic rings. The summed E-state index contributed by atoms with van der Waals surface area (Å²) < 4.78 is 5.45. The normalized spacial score (nSPS) is 14.9. The molecule has 1 rings (SSSR count). The molecule has 0 fully saturated rings. The third-order valence-electron chi connectivity index (χ3n) is 3.96. The van der Waals surface area contributed by atoms with Gasteiger partial charge in [-0.3, -0.25) is 9.88 Å². The lowest BCUT2D eigenvalue weighted by atomic mass is 9.84. The number of hydrogen-bond donors (Lipinski definition) is 1. The molecule has 0 bridgehead atoms. The molecule has 19 heavy (non-hydrogen) atoms. The van der Waals surface area contributed by atoms with Gasteiger partial charge in [-0.1, -0.05) is 20.8 Å². The Hall–Kier alpha value is -0.970. The molecule has 0 amide bonds. The van der Waals surface area contributed by atoms with Crippen LogP contribution in [0.1, 0.15) is 26.3 Å². The van der Waals surface area contributed by atoms with E-state index in [0.717, 1.165) is 13.1 Å². The summed E-state index contributed by atoms with van der Waals surface area (Å²) in [5.41, 5.74) is 7.23. The molecule has 1 unspecified atom stereocenters. The predicted molar refractivity (Wildman–Crippen MR) is 78.8 cm³/mol. The van der Waals surface area contributed by atoms with Crippen molar-refractivity contribution >= 4 is 0 Å². The second kappa shape index (κ2) is 7.58. The molecule has 0 spiro atoms. The average Bonchev–Trinajstić information content (AvgIpc) is 2.43. The van der Waals surface area contributed by atoms with Crippen molar-refractivity contribution in [3.8, 4) is 0 Å². The Morgan fingerprint density at radius 2 is 2.00 bits per heavy atom. The van der Waals surface area contributed by atoms with Crippen LogP contribution in [0, 0.1) is 5.92 Å². The highest BCUT2D eigenvalue weighted by Gasteiger charge is 2.38. The van der Waals surface area contributed by atoms with Crippen molar-refractivity contribution in [3.63, 3.8) is 0 Å². The maximum absolute atomic E-state index is 6.09. The maximum atomic E-state index is 6.09. The lowest BCUT2D eigenvalue weighted by molar-refractivity contribution is -0.0185. The number of methoxy groups -OCH3 is 1. The largest absolute Gasteiger partial charge is 0.383 e. The number of aromatic nitrogens is 1. The number of pyridine rings is 1. The van der Waals surface area contributed by atoms with Crippen molar-refractivity contribution in [2.24, 2.45) is 11.7 Å². The van der Waals surface area contributed by atoms with Crippen LogP contribution in [-0.4, -0.2) is 42.2 Å². The first kappa shape index (κ1) is 16.1. The van der Waals surface area contributed by atoms with Crippen LogP contribution in [-0.2, 0) is 11.3 Å². The van der Waals surface area contributed by atoms with E-state index in [1.54, 1.807) is 7.11 Å². The minimum absolute atomic E-state index is 0.118. The monoisotopic (exact) mass is 265 g/mol. The molecule has 108 valence electrons. The zero-order valence-corrected chi connectivity index (χ0v) is 12.6. The van der Waals surface area contributed by atoms with Crippen LogP contribution in [0.4, 0.5) is 0 Å². The van der Waals surface area contributed by atoms with Crippen molar-refractivity contribution in [2.75, 3.05) is 26.8 Å².